The van der Waals surface area contributed by atoms with E-state index in [0.29, 0.717) is 10.8 Å². The molecule has 0 nitrogen and oxygen atoms in total. The van der Waals surface area contributed by atoms with Crippen LogP contribution in [0.3, 0.4) is 0 Å². The molecule has 0 N–H and O–H groups in total. The second-order valence-corrected chi connectivity index (χ2v) is 10.5. The molecule has 0 aromatic heterocycles. The van der Waals surface area contributed by atoms with E-state index in [-0.39, 0.29) is 0 Å². The van der Waals surface area contributed by atoms with Crippen LogP contribution in [-0.2, 0) is 0 Å². The maximum atomic E-state index is 2.83. The van der Waals surface area contributed by atoms with E-state index in [4.69, 9.17) is 0 Å². The van der Waals surface area contributed by atoms with Gasteiger partial charge in [-0.2, -0.15) is 0 Å². The minimum Gasteiger partial charge on any atom is -0.0654 e. The Kier molecular flexibility index (Phi) is 4.81. The van der Waals surface area contributed by atoms with Crippen LogP contribution in [0.5, 0.6) is 0 Å². The normalized spacial score (nSPS) is 45.6. The summed E-state index contributed by atoms with van der Waals surface area (Å²) in [4.78, 5) is 0. The van der Waals surface area contributed by atoms with E-state index in [9.17, 15) is 0 Å². The molecule has 0 bridgehead atoms. The molecule has 4 aliphatic carbocycles. The Morgan fingerprint density at radius 2 is 1.21 bits per heavy atom. The fourth-order valence-corrected chi connectivity index (χ4v) is 8.95. The highest BCUT2D eigenvalue weighted by atomic mass is 14.7. The SMILES string of the molecule is CCCC(C)(C1CCCC1)C1(C)C2CCCCC2C2CCCCC21. The van der Waals surface area contributed by atoms with Crippen LogP contribution < -0.4 is 0 Å². The molecule has 5 atom stereocenters. The molecule has 0 amide bonds. The zero-order chi connectivity index (χ0) is 16.8. The van der Waals surface area contributed by atoms with Crippen LogP contribution >= 0.6 is 0 Å². The number of hydrogen-bond donors (Lipinski definition) is 0. The van der Waals surface area contributed by atoms with Crippen LogP contribution in [-0.4, -0.2) is 0 Å². The Morgan fingerprint density at radius 3 is 1.71 bits per heavy atom. The first-order chi connectivity index (χ1) is 11.6. The Hall–Kier alpha value is 0. The quantitative estimate of drug-likeness (QED) is 0.497. The maximum absolute atomic E-state index is 2.83. The van der Waals surface area contributed by atoms with Crippen LogP contribution in [0.4, 0.5) is 0 Å². The molecule has 138 valence electrons. The van der Waals surface area contributed by atoms with Crippen molar-refractivity contribution in [3.05, 3.63) is 0 Å². The van der Waals surface area contributed by atoms with E-state index in [1.807, 2.05) is 0 Å². The topological polar surface area (TPSA) is 0 Å². The van der Waals surface area contributed by atoms with E-state index >= 15 is 0 Å². The zero-order valence-electron chi connectivity index (χ0n) is 16.8. The summed E-state index contributed by atoms with van der Waals surface area (Å²) < 4.78 is 0. The lowest BCUT2D eigenvalue weighted by molar-refractivity contribution is -0.0825. The van der Waals surface area contributed by atoms with Gasteiger partial charge < -0.3 is 0 Å². The highest BCUT2D eigenvalue weighted by molar-refractivity contribution is 5.13. The van der Waals surface area contributed by atoms with Gasteiger partial charge >= 0.3 is 0 Å². The molecule has 0 heteroatoms. The molecule has 4 rings (SSSR count). The molecular weight excluding hydrogens is 288 g/mol. The predicted molar refractivity (Wildman–Crippen MR) is 104 cm³/mol. The van der Waals surface area contributed by atoms with Gasteiger partial charge in [-0.25, -0.2) is 0 Å². The molecule has 0 aromatic carbocycles. The molecule has 0 aliphatic heterocycles. The highest BCUT2D eigenvalue weighted by Crippen LogP contribution is 2.72. The lowest BCUT2D eigenvalue weighted by atomic mass is 9.48. The lowest BCUT2D eigenvalue weighted by Gasteiger charge is -2.57. The van der Waals surface area contributed by atoms with Crippen LogP contribution in [0.25, 0.3) is 0 Å². The van der Waals surface area contributed by atoms with E-state index < -0.39 is 0 Å². The molecule has 0 spiro atoms. The maximum Gasteiger partial charge on any atom is -0.0207 e. The first kappa shape index (κ1) is 17.4. The standard InChI is InChI=1S/C24H42/c1-4-17-23(2,18-11-5-6-12-18)24(3)21-15-9-7-13-19(21)20-14-8-10-16-22(20)24/h18-22H,4-17H2,1-3H3. The summed E-state index contributed by atoms with van der Waals surface area (Å²) in [5, 5.41) is 0. The van der Waals surface area contributed by atoms with Crippen molar-refractivity contribution in [2.45, 2.75) is 111 Å². The molecule has 0 radical (unpaired) electrons. The second kappa shape index (κ2) is 6.62. The number of hydrogen-bond acceptors (Lipinski definition) is 0. The zero-order valence-corrected chi connectivity index (χ0v) is 16.8. The van der Waals surface area contributed by atoms with Crippen molar-refractivity contribution in [1.82, 2.24) is 0 Å². The second-order valence-electron chi connectivity index (χ2n) is 10.5. The highest BCUT2D eigenvalue weighted by Gasteiger charge is 2.65. The third-order valence-electron chi connectivity index (χ3n) is 9.99. The van der Waals surface area contributed by atoms with Crippen LogP contribution in [0.2, 0.25) is 0 Å². The van der Waals surface area contributed by atoms with Crippen molar-refractivity contribution in [3.8, 4) is 0 Å². The van der Waals surface area contributed by atoms with Crippen molar-refractivity contribution < 1.29 is 0 Å². The van der Waals surface area contributed by atoms with Crippen molar-refractivity contribution in [2.24, 2.45) is 40.4 Å². The van der Waals surface area contributed by atoms with Gasteiger partial charge in [-0.05, 0) is 85.4 Å². The minimum absolute atomic E-state index is 0.620. The van der Waals surface area contributed by atoms with Gasteiger partial charge in [0, 0.05) is 0 Å². The smallest absolute Gasteiger partial charge is 0.0207 e. The fraction of sp³-hybridized carbons (Fsp3) is 1.00. The monoisotopic (exact) mass is 330 g/mol. The van der Waals surface area contributed by atoms with Gasteiger partial charge in [0.05, 0.1) is 0 Å². The minimum atomic E-state index is 0.620. The Morgan fingerprint density at radius 1 is 0.750 bits per heavy atom. The molecule has 4 fully saturated rings. The average molecular weight is 331 g/mol. The van der Waals surface area contributed by atoms with Gasteiger partial charge in [0.1, 0.15) is 0 Å². The van der Waals surface area contributed by atoms with Gasteiger partial charge in [0.25, 0.3) is 0 Å². The molecule has 4 aliphatic rings. The number of fused-ring (bicyclic) bond motifs is 3. The summed E-state index contributed by atoms with van der Waals surface area (Å²) >= 11 is 0. The van der Waals surface area contributed by atoms with Gasteiger partial charge in [-0.3, -0.25) is 0 Å². The molecule has 5 unspecified atom stereocenters. The average Bonchev–Trinajstić information content (AvgIpc) is 3.23. The first-order valence-corrected chi connectivity index (χ1v) is 11.6. The summed E-state index contributed by atoms with van der Waals surface area (Å²) in [6.45, 7) is 8.08. The van der Waals surface area contributed by atoms with E-state index in [2.05, 4.69) is 20.8 Å². The molecular formula is C24H42. The summed E-state index contributed by atoms with van der Waals surface area (Å²) in [6, 6.07) is 0. The summed E-state index contributed by atoms with van der Waals surface area (Å²) in [5.74, 6) is 5.37. The molecule has 4 saturated carbocycles. The van der Waals surface area contributed by atoms with E-state index in [1.165, 1.54) is 51.4 Å². The van der Waals surface area contributed by atoms with Crippen LogP contribution in [0.15, 0.2) is 0 Å². The fourth-order valence-electron chi connectivity index (χ4n) is 8.95. The van der Waals surface area contributed by atoms with Crippen molar-refractivity contribution in [2.75, 3.05) is 0 Å². The van der Waals surface area contributed by atoms with Gasteiger partial charge in [-0.1, -0.05) is 65.7 Å². The molecule has 24 heavy (non-hydrogen) atoms. The third kappa shape index (κ3) is 2.37. The van der Waals surface area contributed by atoms with E-state index in [0.717, 1.165) is 29.6 Å². The van der Waals surface area contributed by atoms with Gasteiger partial charge in [0.15, 0.2) is 0 Å². The molecule has 0 saturated heterocycles. The molecule has 0 heterocycles. The van der Waals surface area contributed by atoms with Gasteiger partial charge in [0.2, 0.25) is 0 Å². The van der Waals surface area contributed by atoms with Crippen LogP contribution in [0, 0.1) is 40.4 Å². The molecule has 0 aromatic rings. The van der Waals surface area contributed by atoms with Crippen molar-refractivity contribution in [1.29, 1.82) is 0 Å². The predicted octanol–water partition coefficient (Wildman–Crippen LogP) is 7.62. The van der Waals surface area contributed by atoms with Crippen molar-refractivity contribution >= 4 is 0 Å². The largest absolute Gasteiger partial charge is 0.0654 e. The first-order valence-electron chi connectivity index (χ1n) is 11.6. The summed E-state index contributed by atoms with van der Waals surface area (Å²) in [6.07, 6.45) is 21.4. The van der Waals surface area contributed by atoms with Crippen LogP contribution in [0.1, 0.15) is 111 Å². The Labute approximate surface area is 151 Å². The Balaban J connectivity index is 1.75. The number of rotatable bonds is 4. The Bertz CT molecular complexity index is 409. The van der Waals surface area contributed by atoms with E-state index in [1.54, 1.807) is 38.5 Å². The summed E-state index contributed by atoms with van der Waals surface area (Å²) in [5.41, 5.74) is 1.27. The van der Waals surface area contributed by atoms with Gasteiger partial charge in [-0.15, -0.1) is 0 Å². The lowest BCUT2D eigenvalue weighted by Crippen LogP contribution is -2.50. The third-order valence-corrected chi connectivity index (χ3v) is 9.99. The van der Waals surface area contributed by atoms with Crippen molar-refractivity contribution in [3.63, 3.8) is 0 Å². The summed E-state index contributed by atoms with van der Waals surface area (Å²) in [7, 11) is 0.